The minimum Gasteiger partial charge on any atom is -0.0622 e. The monoisotopic (exact) mass is 734 g/mol. The predicted octanol–water partition coefficient (Wildman–Crippen LogP) is 15.7. The zero-order chi connectivity index (χ0) is 38.4. The molecule has 1 unspecified atom stereocenters. The predicted molar refractivity (Wildman–Crippen MR) is 247 cm³/mol. The standard InChI is InChI=1S/C58H38/c1-58(47-20-6-3-7-21-47)54-36-45(26-29-50(54)53-34-43-14-8-9-15-44(43)35-55(53)58)41-17-10-16-40(32-41)42-18-11-19-46(33-42)49-28-23-39-24-30-51-48(37-12-4-2-5-13-37)27-22-38-25-31-52(49)57(39)56(38)51/h2-36H,1H3. The lowest BCUT2D eigenvalue weighted by atomic mass is 9.73. The molecule has 1 atom stereocenters. The van der Waals surface area contributed by atoms with Crippen molar-refractivity contribution >= 4 is 43.1 Å². The second-order valence-electron chi connectivity index (χ2n) is 16.2. The molecule has 1 aliphatic rings. The first-order valence-corrected chi connectivity index (χ1v) is 20.3. The van der Waals surface area contributed by atoms with Gasteiger partial charge < -0.3 is 0 Å². The van der Waals surface area contributed by atoms with Gasteiger partial charge in [0.2, 0.25) is 0 Å². The second-order valence-corrected chi connectivity index (χ2v) is 16.2. The van der Waals surface area contributed by atoms with Crippen molar-refractivity contribution in [3.8, 4) is 55.6 Å². The summed E-state index contributed by atoms with van der Waals surface area (Å²) in [6.45, 7) is 2.41. The third-order valence-corrected chi connectivity index (χ3v) is 13.1. The Balaban J connectivity index is 0.959. The van der Waals surface area contributed by atoms with Gasteiger partial charge in [0, 0.05) is 5.41 Å². The van der Waals surface area contributed by atoms with Gasteiger partial charge in [0.15, 0.2) is 0 Å². The molecule has 0 heteroatoms. The van der Waals surface area contributed by atoms with Crippen LogP contribution >= 0.6 is 0 Å². The molecule has 11 aromatic carbocycles. The van der Waals surface area contributed by atoms with Crippen molar-refractivity contribution in [2.75, 3.05) is 0 Å². The molecule has 0 aromatic heterocycles. The maximum Gasteiger partial charge on any atom is 0.0435 e. The summed E-state index contributed by atoms with van der Waals surface area (Å²) in [4.78, 5) is 0. The molecule has 0 bridgehead atoms. The Morgan fingerprint density at radius 1 is 0.276 bits per heavy atom. The van der Waals surface area contributed by atoms with Crippen LogP contribution in [0.25, 0.3) is 98.7 Å². The van der Waals surface area contributed by atoms with E-state index in [1.54, 1.807) is 0 Å². The average Bonchev–Trinajstić information content (AvgIpc) is 3.54. The molecule has 0 fully saturated rings. The average molecular weight is 735 g/mol. The zero-order valence-corrected chi connectivity index (χ0v) is 32.2. The molecule has 1 aliphatic carbocycles. The van der Waals surface area contributed by atoms with Gasteiger partial charge in [-0.2, -0.15) is 0 Å². The molecule has 0 spiro atoms. The normalized spacial score (nSPS) is 14.7. The van der Waals surface area contributed by atoms with E-state index in [0.29, 0.717) is 0 Å². The number of hydrogen-bond acceptors (Lipinski definition) is 0. The smallest absolute Gasteiger partial charge is 0.0435 e. The van der Waals surface area contributed by atoms with Crippen LogP contribution in [0.1, 0.15) is 23.6 Å². The Bertz CT molecular complexity index is 3390. The highest BCUT2D eigenvalue weighted by Crippen LogP contribution is 2.54. The van der Waals surface area contributed by atoms with E-state index in [2.05, 4.69) is 219 Å². The van der Waals surface area contributed by atoms with Crippen LogP contribution in [-0.4, -0.2) is 0 Å². The first kappa shape index (κ1) is 32.9. The SMILES string of the molecule is CC1(c2ccccc2)c2cc(-c3cccc(-c4cccc(-c5ccc6ccc7c(-c8ccccc8)ccc8ccc5c6c87)c4)c3)ccc2-c2cc3ccccc3cc21. The van der Waals surface area contributed by atoms with Gasteiger partial charge in [0.25, 0.3) is 0 Å². The molecule has 270 valence electrons. The maximum absolute atomic E-state index is 2.45. The Labute approximate surface area is 338 Å². The van der Waals surface area contributed by atoms with E-state index < -0.39 is 0 Å². The fraction of sp³-hybridized carbons (Fsp3) is 0.0345. The summed E-state index contributed by atoms with van der Waals surface area (Å²) in [6, 6.07) is 79.1. The molecule has 0 saturated carbocycles. The van der Waals surface area contributed by atoms with Crippen LogP contribution in [0, 0.1) is 0 Å². The summed E-state index contributed by atoms with van der Waals surface area (Å²) in [6.07, 6.45) is 0. The highest BCUT2D eigenvalue weighted by atomic mass is 14.4. The van der Waals surface area contributed by atoms with E-state index in [0.717, 1.165) is 0 Å². The van der Waals surface area contributed by atoms with Gasteiger partial charge in [-0.1, -0.05) is 182 Å². The summed E-state index contributed by atoms with van der Waals surface area (Å²) in [7, 11) is 0. The molecule has 0 aliphatic heterocycles. The lowest BCUT2D eigenvalue weighted by molar-refractivity contribution is 0.715. The van der Waals surface area contributed by atoms with Crippen molar-refractivity contribution in [2.24, 2.45) is 0 Å². The summed E-state index contributed by atoms with van der Waals surface area (Å²) in [5, 5.41) is 10.4. The summed E-state index contributed by atoms with van der Waals surface area (Å²) >= 11 is 0. The second kappa shape index (κ2) is 12.6. The van der Waals surface area contributed by atoms with Crippen LogP contribution in [-0.2, 0) is 5.41 Å². The lowest BCUT2D eigenvalue weighted by Crippen LogP contribution is -2.22. The number of hydrogen-bond donors (Lipinski definition) is 0. The lowest BCUT2D eigenvalue weighted by Gasteiger charge is -2.29. The number of fused-ring (bicyclic) bond motifs is 4. The van der Waals surface area contributed by atoms with E-state index in [-0.39, 0.29) is 5.41 Å². The molecule has 0 heterocycles. The van der Waals surface area contributed by atoms with Gasteiger partial charge in [-0.25, -0.2) is 0 Å². The quantitative estimate of drug-likeness (QED) is 0.154. The molecule has 0 N–H and O–H groups in total. The number of benzene rings is 11. The Morgan fingerprint density at radius 2 is 0.741 bits per heavy atom. The van der Waals surface area contributed by atoms with Crippen molar-refractivity contribution in [3.05, 3.63) is 229 Å². The number of rotatable bonds is 5. The molecule has 0 nitrogen and oxygen atoms in total. The van der Waals surface area contributed by atoms with Gasteiger partial charge in [0.05, 0.1) is 0 Å². The Kier molecular flexibility index (Phi) is 7.16. The Morgan fingerprint density at radius 3 is 1.40 bits per heavy atom. The van der Waals surface area contributed by atoms with E-state index in [1.165, 1.54) is 115 Å². The zero-order valence-electron chi connectivity index (χ0n) is 32.2. The maximum atomic E-state index is 2.45. The van der Waals surface area contributed by atoms with E-state index in [4.69, 9.17) is 0 Å². The largest absolute Gasteiger partial charge is 0.0622 e. The van der Waals surface area contributed by atoms with Crippen molar-refractivity contribution in [1.29, 1.82) is 0 Å². The highest BCUT2D eigenvalue weighted by Gasteiger charge is 2.41. The molecule has 0 saturated heterocycles. The van der Waals surface area contributed by atoms with Crippen LogP contribution in [0.15, 0.2) is 212 Å². The van der Waals surface area contributed by atoms with Crippen LogP contribution in [0.5, 0.6) is 0 Å². The summed E-state index contributed by atoms with van der Waals surface area (Å²) in [5.74, 6) is 0. The topological polar surface area (TPSA) is 0 Å². The Hall–Kier alpha value is -7.28. The molecule has 0 amide bonds. The third kappa shape index (κ3) is 4.88. The van der Waals surface area contributed by atoms with Gasteiger partial charge in [-0.15, -0.1) is 0 Å². The molecular formula is C58H38. The highest BCUT2D eigenvalue weighted by molar-refractivity contribution is 6.27. The third-order valence-electron chi connectivity index (χ3n) is 13.1. The summed E-state index contributed by atoms with van der Waals surface area (Å²) < 4.78 is 0. The van der Waals surface area contributed by atoms with Crippen LogP contribution < -0.4 is 0 Å². The van der Waals surface area contributed by atoms with Gasteiger partial charge in [-0.05, 0) is 153 Å². The molecule has 58 heavy (non-hydrogen) atoms. The van der Waals surface area contributed by atoms with Crippen molar-refractivity contribution in [3.63, 3.8) is 0 Å². The van der Waals surface area contributed by atoms with Gasteiger partial charge in [-0.3, -0.25) is 0 Å². The van der Waals surface area contributed by atoms with Crippen LogP contribution in [0.2, 0.25) is 0 Å². The van der Waals surface area contributed by atoms with Crippen molar-refractivity contribution < 1.29 is 0 Å². The van der Waals surface area contributed by atoms with Crippen LogP contribution in [0.4, 0.5) is 0 Å². The van der Waals surface area contributed by atoms with E-state index >= 15 is 0 Å². The van der Waals surface area contributed by atoms with E-state index in [9.17, 15) is 0 Å². The fourth-order valence-electron chi connectivity index (χ4n) is 10.1. The van der Waals surface area contributed by atoms with Gasteiger partial charge >= 0.3 is 0 Å². The summed E-state index contributed by atoms with van der Waals surface area (Å²) in [5.41, 5.74) is 16.3. The van der Waals surface area contributed by atoms with E-state index in [1.807, 2.05) is 0 Å². The molecule has 12 rings (SSSR count). The first-order valence-electron chi connectivity index (χ1n) is 20.3. The molecule has 0 radical (unpaired) electrons. The van der Waals surface area contributed by atoms with Crippen LogP contribution in [0.3, 0.4) is 0 Å². The molecular weight excluding hydrogens is 697 g/mol. The van der Waals surface area contributed by atoms with Crippen molar-refractivity contribution in [2.45, 2.75) is 12.3 Å². The van der Waals surface area contributed by atoms with Gasteiger partial charge in [0.1, 0.15) is 0 Å². The molecule has 11 aromatic rings. The minimum atomic E-state index is -0.276. The van der Waals surface area contributed by atoms with Crippen molar-refractivity contribution in [1.82, 2.24) is 0 Å². The minimum absolute atomic E-state index is 0.276. The first-order chi connectivity index (χ1) is 28.6. The fourth-order valence-corrected chi connectivity index (χ4v) is 10.1.